The van der Waals surface area contributed by atoms with Gasteiger partial charge < -0.3 is 10.1 Å². The van der Waals surface area contributed by atoms with Crippen molar-refractivity contribution in [2.45, 2.75) is 31.4 Å². The number of nitrogens with zero attached hydrogens (tertiary/aromatic N) is 1. The standard InChI is InChI=1S/C14H24N4O5S/c1-2-16-17-12(20)4-7-23-8-5-15-11(19)3-6-18-13(21)9-10(24)14(18)22/h10,16,24H,2-9H2,1H3,(H,15,19)(H,17,20). The Hall–Kier alpha value is -1.65. The number of thiol groups is 1. The van der Waals surface area contributed by atoms with Crippen molar-refractivity contribution in [1.29, 1.82) is 0 Å². The molecule has 24 heavy (non-hydrogen) atoms. The van der Waals surface area contributed by atoms with Gasteiger partial charge in [-0.05, 0) is 0 Å². The van der Waals surface area contributed by atoms with E-state index in [4.69, 9.17) is 4.74 Å². The first-order valence-corrected chi connectivity index (χ1v) is 8.35. The van der Waals surface area contributed by atoms with Gasteiger partial charge in [0.2, 0.25) is 23.6 Å². The summed E-state index contributed by atoms with van der Waals surface area (Å²) in [6.45, 7) is 3.40. The van der Waals surface area contributed by atoms with Gasteiger partial charge in [-0.3, -0.25) is 29.5 Å². The van der Waals surface area contributed by atoms with Crippen LogP contribution in [0.2, 0.25) is 0 Å². The van der Waals surface area contributed by atoms with Crippen LogP contribution in [0.1, 0.15) is 26.2 Å². The molecule has 1 atom stereocenters. The van der Waals surface area contributed by atoms with Gasteiger partial charge in [0.1, 0.15) is 0 Å². The van der Waals surface area contributed by atoms with Crippen LogP contribution in [0, 0.1) is 0 Å². The minimum Gasteiger partial charge on any atom is -0.379 e. The molecule has 136 valence electrons. The smallest absolute Gasteiger partial charge is 0.242 e. The van der Waals surface area contributed by atoms with Crippen LogP contribution in [0.4, 0.5) is 0 Å². The molecule has 0 saturated carbocycles. The highest BCUT2D eigenvalue weighted by Gasteiger charge is 2.36. The van der Waals surface area contributed by atoms with E-state index < -0.39 is 5.25 Å². The summed E-state index contributed by atoms with van der Waals surface area (Å²) >= 11 is 4.01. The van der Waals surface area contributed by atoms with E-state index in [-0.39, 0.29) is 62.6 Å². The number of likely N-dealkylation sites (tertiary alicyclic amines) is 1. The van der Waals surface area contributed by atoms with E-state index in [2.05, 4.69) is 28.8 Å². The van der Waals surface area contributed by atoms with Gasteiger partial charge in [0, 0.05) is 32.5 Å². The Bertz CT molecular complexity index is 474. The van der Waals surface area contributed by atoms with Gasteiger partial charge in [-0.2, -0.15) is 12.6 Å². The summed E-state index contributed by atoms with van der Waals surface area (Å²) in [5, 5.41) is 2.03. The third-order valence-corrected chi connectivity index (χ3v) is 3.63. The molecule has 0 aromatic heterocycles. The maximum Gasteiger partial charge on any atom is 0.242 e. The number of amides is 4. The number of carbonyl (C=O) groups is 4. The minimum atomic E-state index is -0.598. The molecule has 1 aliphatic rings. The summed E-state index contributed by atoms with van der Waals surface area (Å²) in [6.07, 6.45) is 0.354. The second-order valence-corrected chi connectivity index (χ2v) is 5.77. The fraction of sp³-hybridized carbons (Fsp3) is 0.714. The Kier molecular flexibility index (Phi) is 9.35. The molecule has 1 fully saturated rings. The zero-order valence-corrected chi connectivity index (χ0v) is 14.6. The molecule has 4 amide bonds. The molecule has 0 aromatic carbocycles. The average Bonchev–Trinajstić information content (AvgIpc) is 2.79. The van der Waals surface area contributed by atoms with Gasteiger partial charge in [-0.1, -0.05) is 6.92 Å². The lowest BCUT2D eigenvalue weighted by molar-refractivity contribution is -0.138. The summed E-state index contributed by atoms with van der Waals surface area (Å²) in [4.78, 5) is 47.1. The number of imide groups is 1. The van der Waals surface area contributed by atoms with Crippen LogP contribution in [0.15, 0.2) is 0 Å². The van der Waals surface area contributed by atoms with E-state index in [1.54, 1.807) is 0 Å². The number of carbonyl (C=O) groups excluding carboxylic acids is 4. The van der Waals surface area contributed by atoms with Crippen molar-refractivity contribution in [3.8, 4) is 0 Å². The molecule has 0 aliphatic carbocycles. The molecule has 0 radical (unpaired) electrons. The zero-order chi connectivity index (χ0) is 17.9. The molecule has 1 aliphatic heterocycles. The monoisotopic (exact) mass is 360 g/mol. The second-order valence-electron chi connectivity index (χ2n) is 5.14. The quantitative estimate of drug-likeness (QED) is 0.156. The molecule has 3 N–H and O–H groups in total. The van der Waals surface area contributed by atoms with Crippen LogP contribution in [0.3, 0.4) is 0 Å². The summed E-state index contributed by atoms with van der Waals surface area (Å²) in [7, 11) is 0. The maximum absolute atomic E-state index is 11.6. The van der Waals surface area contributed by atoms with E-state index in [1.807, 2.05) is 6.92 Å². The molecule has 1 unspecified atom stereocenters. The first-order chi connectivity index (χ1) is 11.5. The lowest BCUT2D eigenvalue weighted by Gasteiger charge is -2.13. The van der Waals surface area contributed by atoms with E-state index in [0.29, 0.717) is 13.1 Å². The van der Waals surface area contributed by atoms with Crippen LogP contribution >= 0.6 is 12.6 Å². The van der Waals surface area contributed by atoms with Crippen molar-refractivity contribution >= 4 is 36.3 Å². The fourth-order valence-corrected chi connectivity index (χ4v) is 2.28. The van der Waals surface area contributed by atoms with Gasteiger partial charge in [-0.25, -0.2) is 5.43 Å². The van der Waals surface area contributed by atoms with E-state index in [1.165, 1.54) is 0 Å². The molecular formula is C14H24N4O5S. The van der Waals surface area contributed by atoms with Crippen LogP contribution in [0.5, 0.6) is 0 Å². The number of rotatable bonds is 11. The van der Waals surface area contributed by atoms with Gasteiger partial charge in [-0.15, -0.1) is 0 Å². The molecule has 0 bridgehead atoms. The maximum atomic E-state index is 11.6. The van der Waals surface area contributed by atoms with Crippen molar-refractivity contribution in [3.05, 3.63) is 0 Å². The Morgan fingerprint density at radius 2 is 2.00 bits per heavy atom. The van der Waals surface area contributed by atoms with E-state index >= 15 is 0 Å². The highest BCUT2D eigenvalue weighted by atomic mass is 32.1. The molecule has 9 nitrogen and oxygen atoms in total. The molecule has 0 aromatic rings. The van der Waals surface area contributed by atoms with Gasteiger partial charge in [0.25, 0.3) is 0 Å². The number of hydrazine groups is 1. The molecule has 1 rings (SSSR count). The zero-order valence-electron chi connectivity index (χ0n) is 13.7. The SMILES string of the molecule is CCNNC(=O)CCOCCNC(=O)CCN1C(=O)CC(S)C1=O. The van der Waals surface area contributed by atoms with Crippen LogP contribution < -0.4 is 16.2 Å². The van der Waals surface area contributed by atoms with Gasteiger partial charge in [0.15, 0.2) is 0 Å². The number of hydrogen-bond donors (Lipinski definition) is 4. The first-order valence-electron chi connectivity index (χ1n) is 7.84. The van der Waals surface area contributed by atoms with Crippen LogP contribution in [-0.4, -0.2) is 66.6 Å². The Balaban J connectivity index is 2.03. The normalized spacial score (nSPS) is 17.2. The highest BCUT2D eigenvalue weighted by molar-refractivity contribution is 7.81. The summed E-state index contributed by atoms with van der Waals surface area (Å²) in [5.74, 6) is -1.09. The van der Waals surface area contributed by atoms with E-state index in [9.17, 15) is 19.2 Å². The van der Waals surface area contributed by atoms with Crippen molar-refractivity contribution in [3.63, 3.8) is 0 Å². The van der Waals surface area contributed by atoms with Gasteiger partial charge >= 0.3 is 0 Å². The van der Waals surface area contributed by atoms with Crippen molar-refractivity contribution < 1.29 is 23.9 Å². The lowest BCUT2D eigenvalue weighted by Crippen LogP contribution is -2.37. The third kappa shape index (κ3) is 7.28. The van der Waals surface area contributed by atoms with E-state index in [0.717, 1.165) is 4.90 Å². The van der Waals surface area contributed by atoms with Crippen LogP contribution in [-0.2, 0) is 23.9 Å². The summed E-state index contributed by atoms with van der Waals surface area (Å²) in [6, 6.07) is 0. The Labute approximate surface area is 146 Å². The topological polar surface area (TPSA) is 117 Å². The Morgan fingerprint density at radius 1 is 1.25 bits per heavy atom. The predicted octanol–water partition coefficient (Wildman–Crippen LogP) is -1.40. The molecule has 1 heterocycles. The van der Waals surface area contributed by atoms with Crippen molar-refractivity contribution in [2.75, 3.05) is 32.8 Å². The fourth-order valence-electron chi connectivity index (χ4n) is 1.98. The first kappa shape index (κ1) is 20.4. The summed E-state index contributed by atoms with van der Waals surface area (Å²) in [5.41, 5.74) is 5.18. The third-order valence-electron chi connectivity index (χ3n) is 3.23. The van der Waals surface area contributed by atoms with Gasteiger partial charge in [0.05, 0.1) is 24.9 Å². The Morgan fingerprint density at radius 3 is 2.62 bits per heavy atom. The molecular weight excluding hydrogens is 336 g/mol. The number of nitrogens with one attached hydrogen (secondary N) is 3. The van der Waals surface area contributed by atoms with Crippen molar-refractivity contribution in [2.24, 2.45) is 0 Å². The average molecular weight is 360 g/mol. The number of hydrogen-bond acceptors (Lipinski definition) is 7. The lowest BCUT2D eigenvalue weighted by atomic mass is 10.3. The molecule has 0 spiro atoms. The highest BCUT2D eigenvalue weighted by Crippen LogP contribution is 2.17. The second kappa shape index (κ2) is 11.0. The van der Waals surface area contributed by atoms with Crippen molar-refractivity contribution in [1.82, 2.24) is 21.1 Å². The molecule has 1 saturated heterocycles. The largest absolute Gasteiger partial charge is 0.379 e. The minimum absolute atomic E-state index is 0.0447. The van der Waals surface area contributed by atoms with Crippen LogP contribution in [0.25, 0.3) is 0 Å². The summed E-state index contributed by atoms with van der Waals surface area (Å²) < 4.78 is 5.23. The predicted molar refractivity (Wildman–Crippen MR) is 89.0 cm³/mol. The molecule has 10 heteroatoms. The number of ether oxygens (including phenoxy) is 1.